The average molecular weight is 363 g/mol. The second-order valence-corrected chi connectivity index (χ2v) is 8.03. The van der Waals surface area contributed by atoms with Gasteiger partial charge in [0.25, 0.3) is 5.91 Å². The first-order valence-corrected chi connectivity index (χ1v) is 9.60. The lowest BCUT2D eigenvalue weighted by molar-refractivity contribution is -0.150. The summed E-state index contributed by atoms with van der Waals surface area (Å²) in [5, 5.41) is 10.2. The van der Waals surface area contributed by atoms with Gasteiger partial charge in [-0.05, 0) is 62.3 Å². The maximum atomic E-state index is 13.4. The average Bonchev–Trinajstić information content (AvgIpc) is 3.20. The number of carbonyl (C=O) groups excluding carboxylic acids is 1. The number of carboxylic acid groups (broad SMARTS) is 1. The van der Waals surface area contributed by atoms with Crippen molar-refractivity contribution in [2.75, 3.05) is 0 Å². The number of fused-ring (bicyclic) bond motifs is 2. The Morgan fingerprint density at radius 3 is 2.52 bits per heavy atom. The lowest BCUT2D eigenvalue weighted by atomic mass is 9.70. The van der Waals surface area contributed by atoms with Crippen molar-refractivity contribution in [2.24, 2.45) is 5.41 Å². The zero-order chi connectivity index (χ0) is 19.2. The number of hydrogen-bond donors (Lipinski definition) is 1. The van der Waals surface area contributed by atoms with Crippen LogP contribution in [0.2, 0.25) is 0 Å². The van der Waals surface area contributed by atoms with Gasteiger partial charge in [0.1, 0.15) is 0 Å². The van der Waals surface area contributed by atoms with E-state index in [1.54, 1.807) is 0 Å². The number of aliphatic carboxylic acids is 1. The fourth-order valence-corrected chi connectivity index (χ4v) is 5.07. The lowest BCUT2D eigenvalue weighted by Gasteiger charge is -2.33. The van der Waals surface area contributed by atoms with Crippen molar-refractivity contribution in [3.63, 3.8) is 0 Å². The third-order valence-corrected chi connectivity index (χ3v) is 6.60. The molecule has 4 rings (SSSR count). The van der Waals surface area contributed by atoms with E-state index in [-0.39, 0.29) is 18.0 Å². The Kier molecular flexibility index (Phi) is 4.29. The van der Waals surface area contributed by atoms with Crippen LogP contribution in [0.5, 0.6) is 0 Å². The van der Waals surface area contributed by atoms with Gasteiger partial charge in [0.2, 0.25) is 0 Å². The number of benzene rings is 2. The topological polar surface area (TPSA) is 57.6 Å². The molecule has 0 unspecified atom stereocenters. The van der Waals surface area contributed by atoms with Gasteiger partial charge >= 0.3 is 5.97 Å². The molecule has 2 fully saturated rings. The van der Waals surface area contributed by atoms with Crippen LogP contribution in [-0.2, 0) is 11.2 Å². The first-order chi connectivity index (χ1) is 12.9. The summed E-state index contributed by atoms with van der Waals surface area (Å²) in [7, 11) is 0. The van der Waals surface area contributed by atoms with Gasteiger partial charge in [0.15, 0.2) is 0 Å². The number of aryl methyl sites for hydroxylation is 1. The van der Waals surface area contributed by atoms with E-state index < -0.39 is 11.4 Å². The molecule has 27 heavy (non-hydrogen) atoms. The highest BCUT2D eigenvalue weighted by Gasteiger charge is 2.61. The van der Waals surface area contributed by atoms with Crippen LogP contribution in [0.1, 0.15) is 46.3 Å². The van der Waals surface area contributed by atoms with Crippen molar-refractivity contribution in [2.45, 2.75) is 51.6 Å². The predicted molar refractivity (Wildman–Crippen MR) is 104 cm³/mol. The monoisotopic (exact) mass is 363 g/mol. The molecule has 0 aromatic heterocycles. The molecule has 4 heteroatoms. The number of carbonyl (C=O) groups is 2. The number of rotatable bonds is 4. The highest BCUT2D eigenvalue weighted by atomic mass is 16.4. The zero-order valence-electron chi connectivity index (χ0n) is 15.8. The smallest absolute Gasteiger partial charge is 0.312 e. The summed E-state index contributed by atoms with van der Waals surface area (Å²) in [6.07, 6.45) is 2.67. The number of nitrogens with zero attached hydrogens (tertiary/aromatic N) is 1. The summed E-state index contributed by atoms with van der Waals surface area (Å²) in [6, 6.07) is 15.3. The van der Waals surface area contributed by atoms with Crippen LogP contribution in [0.25, 0.3) is 0 Å². The van der Waals surface area contributed by atoms with Crippen molar-refractivity contribution >= 4 is 11.9 Å². The van der Waals surface area contributed by atoms with E-state index in [0.717, 1.165) is 29.5 Å². The molecule has 2 aromatic carbocycles. The van der Waals surface area contributed by atoms with E-state index in [9.17, 15) is 14.7 Å². The summed E-state index contributed by atoms with van der Waals surface area (Å²) in [4.78, 5) is 27.7. The molecule has 0 spiro atoms. The molecule has 2 saturated heterocycles. The van der Waals surface area contributed by atoms with Crippen molar-refractivity contribution in [1.82, 2.24) is 4.90 Å². The Hall–Kier alpha value is -2.62. The van der Waals surface area contributed by atoms with Crippen molar-refractivity contribution in [1.29, 1.82) is 0 Å². The van der Waals surface area contributed by atoms with Crippen LogP contribution in [0.15, 0.2) is 48.5 Å². The largest absolute Gasteiger partial charge is 0.481 e. The van der Waals surface area contributed by atoms with Gasteiger partial charge in [-0.3, -0.25) is 9.59 Å². The molecule has 0 radical (unpaired) electrons. The molecule has 1 N–H and O–H groups in total. The van der Waals surface area contributed by atoms with Crippen LogP contribution >= 0.6 is 0 Å². The Morgan fingerprint density at radius 1 is 1.07 bits per heavy atom. The standard InChI is InChI=1S/C23H25NO3/c1-15-7-6-10-19(16(15)2)21(25)24-18-11-12-20(24)23(14-18,22(26)27)13-17-8-4-3-5-9-17/h3-10,18,20H,11-14H2,1-2H3,(H,26,27)/t18-,20+,23+/m0/s1. The second-order valence-electron chi connectivity index (χ2n) is 8.03. The van der Waals surface area contributed by atoms with Crippen LogP contribution < -0.4 is 0 Å². The van der Waals surface area contributed by atoms with Gasteiger partial charge in [-0.15, -0.1) is 0 Å². The second kappa shape index (κ2) is 6.52. The third kappa shape index (κ3) is 2.75. The normalized spacial score (nSPS) is 26.4. The number of carboxylic acids is 1. The predicted octanol–water partition coefficient (Wildman–Crippen LogP) is 3.99. The van der Waals surface area contributed by atoms with Gasteiger partial charge in [-0.25, -0.2) is 0 Å². The SMILES string of the molecule is Cc1cccc(C(=O)N2[C@H]3CC[C@@H]2[C@](Cc2ccccc2)(C(=O)O)C3)c1C. The number of hydrogen-bond acceptors (Lipinski definition) is 2. The van der Waals surface area contributed by atoms with E-state index in [1.807, 2.05) is 67.3 Å². The van der Waals surface area contributed by atoms with Gasteiger partial charge in [-0.1, -0.05) is 42.5 Å². The summed E-state index contributed by atoms with van der Waals surface area (Å²) in [5.74, 6) is -0.794. The van der Waals surface area contributed by atoms with Crippen LogP contribution in [0, 0.1) is 19.3 Å². The van der Waals surface area contributed by atoms with Gasteiger partial charge in [0, 0.05) is 17.6 Å². The van der Waals surface area contributed by atoms with Gasteiger partial charge < -0.3 is 10.0 Å². The fourth-order valence-electron chi connectivity index (χ4n) is 5.07. The molecule has 1 amide bonds. The molecule has 140 valence electrons. The van der Waals surface area contributed by atoms with Crippen LogP contribution in [0.3, 0.4) is 0 Å². The highest BCUT2D eigenvalue weighted by Crippen LogP contribution is 2.52. The Labute approximate surface area is 159 Å². The molecular formula is C23H25NO3. The first kappa shape index (κ1) is 17.8. The summed E-state index contributed by atoms with van der Waals surface area (Å²) in [5.41, 5.74) is 2.90. The summed E-state index contributed by atoms with van der Waals surface area (Å²) < 4.78 is 0. The summed E-state index contributed by atoms with van der Waals surface area (Å²) >= 11 is 0. The molecule has 3 atom stereocenters. The molecule has 0 aliphatic carbocycles. The van der Waals surface area contributed by atoms with E-state index in [4.69, 9.17) is 0 Å². The van der Waals surface area contributed by atoms with E-state index in [2.05, 4.69) is 0 Å². The quantitative estimate of drug-likeness (QED) is 0.893. The van der Waals surface area contributed by atoms with Crippen molar-refractivity contribution in [3.8, 4) is 0 Å². The Balaban J connectivity index is 1.70. The van der Waals surface area contributed by atoms with Gasteiger partial charge in [0.05, 0.1) is 5.41 Å². The summed E-state index contributed by atoms with van der Waals surface area (Å²) in [6.45, 7) is 3.97. The highest BCUT2D eigenvalue weighted by molar-refractivity contribution is 5.97. The van der Waals surface area contributed by atoms with Crippen LogP contribution in [0.4, 0.5) is 0 Å². The Bertz CT molecular complexity index is 892. The number of amides is 1. The lowest BCUT2D eigenvalue weighted by Crippen LogP contribution is -2.46. The molecule has 2 aromatic rings. The first-order valence-electron chi connectivity index (χ1n) is 9.60. The molecular weight excluding hydrogens is 338 g/mol. The Morgan fingerprint density at radius 2 is 1.81 bits per heavy atom. The third-order valence-electron chi connectivity index (χ3n) is 6.60. The molecule has 4 nitrogen and oxygen atoms in total. The maximum absolute atomic E-state index is 13.4. The van der Waals surface area contributed by atoms with E-state index in [1.165, 1.54) is 0 Å². The zero-order valence-corrected chi connectivity index (χ0v) is 15.8. The maximum Gasteiger partial charge on any atom is 0.312 e. The fraction of sp³-hybridized carbons (Fsp3) is 0.391. The van der Waals surface area contributed by atoms with E-state index >= 15 is 0 Å². The van der Waals surface area contributed by atoms with Crippen molar-refractivity contribution in [3.05, 3.63) is 70.8 Å². The molecule has 2 heterocycles. The molecule has 2 aliphatic rings. The van der Waals surface area contributed by atoms with Crippen molar-refractivity contribution < 1.29 is 14.7 Å². The minimum Gasteiger partial charge on any atom is -0.481 e. The molecule has 0 saturated carbocycles. The van der Waals surface area contributed by atoms with Gasteiger partial charge in [-0.2, -0.15) is 0 Å². The minimum absolute atomic E-state index is 0.0140. The molecule has 2 aliphatic heterocycles. The molecule has 2 bridgehead atoms. The van der Waals surface area contributed by atoms with E-state index in [0.29, 0.717) is 18.4 Å². The van der Waals surface area contributed by atoms with Crippen LogP contribution in [-0.4, -0.2) is 34.0 Å². The minimum atomic E-state index is -0.891.